The number of benzene rings is 2. The van der Waals surface area contributed by atoms with Gasteiger partial charge in [-0.05, 0) is 62.0 Å². The number of carbonyl (C=O) groups is 1. The third-order valence-corrected chi connectivity index (χ3v) is 6.44. The second-order valence-electron chi connectivity index (χ2n) is 8.93. The SMILES string of the molecule is O=C(NCc1cccc(CN2CCCCC2)c1)C1CCCN(Cc2ccccc2)C1. The molecule has 2 aromatic carbocycles. The van der Waals surface area contributed by atoms with Crippen molar-refractivity contribution in [3.63, 3.8) is 0 Å². The Balaban J connectivity index is 1.26. The summed E-state index contributed by atoms with van der Waals surface area (Å²) < 4.78 is 0. The summed E-state index contributed by atoms with van der Waals surface area (Å²) in [6, 6.07) is 19.3. The van der Waals surface area contributed by atoms with Gasteiger partial charge in [-0.2, -0.15) is 0 Å². The van der Waals surface area contributed by atoms with Crippen LogP contribution in [-0.4, -0.2) is 41.9 Å². The van der Waals surface area contributed by atoms with Crippen molar-refractivity contribution in [2.75, 3.05) is 26.2 Å². The summed E-state index contributed by atoms with van der Waals surface area (Å²) in [7, 11) is 0. The minimum Gasteiger partial charge on any atom is -0.352 e. The van der Waals surface area contributed by atoms with Crippen molar-refractivity contribution < 1.29 is 4.79 Å². The lowest BCUT2D eigenvalue weighted by Crippen LogP contribution is -2.42. The molecular weight excluding hydrogens is 370 g/mol. The molecule has 4 rings (SSSR count). The first-order valence-corrected chi connectivity index (χ1v) is 11.6. The molecule has 1 unspecified atom stereocenters. The highest BCUT2D eigenvalue weighted by Gasteiger charge is 2.25. The van der Waals surface area contributed by atoms with Crippen LogP contribution in [-0.2, 0) is 24.4 Å². The van der Waals surface area contributed by atoms with Crippen LogP contribution in [0.1, 0.15) is 48.8 Å². The van der Waals surface area contributed by atoms with E-state index in [0.717, 1.165) is 39.0 Å². The van der Waals surface area contributed by atoms with Gasteiger partial charge < -0.3 is 5.32 Å². The maximum absolute atomic E-state index is 12.8. The van der Waals surface area contributed by atoms with E-state index in [1.165, 1.54) is 49.0 Å². The van der Waals surface area contributed by atoms with Crippen LogP contribution < -0.4 is 5.32 Å². The number of likely N-dealkylation sites (tertiary alicyclic amines) is 2. The van der Waals surface area contributed by atoms with Gasteiger partial charge in [0.05, 0.1) is 5.92 Å². The summed E-state index contributed by atoms with van der Waals surface area (Å²) in [4.78, 5) is 17.8. The molecule has 4 nitrogen and oxygen atoms in total. The molecule has 4 heteroatoms. The Morgan fingerprint density at radius 3 is 2.33 bits per heavy atom. The fraction of sp³-hybridized carbons (Fsp3) is 0.500. The van der Waals surface area contributed by atoms with Crippen LogP contribution in [0.4, 0.5) is 0 Å². The summed E-state index contributed by atoms with van der Waals surface area (Å²) in [6.45, 7) is 6.95. The first kappa shape index (κ1) is 21.1. The molecule has 2 saturated heterocycles. The van der Waals surface area contributed by atoms with Crippen LogP contribution in [0.2, 0.25) is 0 Å². The van der Waals surface area contributed by atoms with Crippen molar-refractivity contribution in [3.05, 3.63) is 71.3 Å². The fourth-order valence-electron chi connectivity index (χ4n) is 4.80. The van der Waals surface area contributed by atoms with Gasteiger partial charge in [0.25, 0.3) is 0 Å². The zero-order valence-electron chi connectivity index (χ0n) is 18.1. The molecular formula is C26H35N3O. The van der Waals surface area contributed by atoms with Gasteiger partial charge in [-0.15, -0.1) is 0 Å². The third kappa shape index (κ3) is 6.16. The van der Waals surface area contributed by atoms with Crippen molar-refractivity contribution >= 4 is 5.91 Å². The summed E-state index contributed by atoms with van der Waals surface area (Å²) in [5.74, 6) is 0.299. The minimum absolute atomic E-state index is 0.0963. The highest BCUT2D eigenvalue weighted by Crippen LogP contribution is 2.19. The van der Waals surface area contributed by atoms with Crippen molar-refractivity contribution in [2.24, 2.45) is 5.92 Å². The van der Waals surface area contributed by atoms with Gasteiger partial charge in [-0.1, -0.05) is 61.0 Å². The molecule has 1 amide bonds. The van der Waals surface area contributed by atoms with E-state index in [4.69, 9.17) is 0 Å². The smallest absolute Gasteiger partial charge is 0.224 e. The van der Waals surface area contributed by atoms with Crippen molar-refractivity contribution in [1.29, 1.82) is 0 Å². The molecule has 160 valence electrons. The second-order valence-corrected chi connectivity index (χ2v) is 8.93. The molecule has 0 aromatic heterocycles. The Kier molecular flexibility index (Phi) is 7.54. The van der Waals surface area contributed by atoms with Crippen LogP contribution in [0.3, 0.4) is 0 Å². The lowest BCUT2D eigenvalue weighted by atomic mass is 9.96. The van der Waals surface area contributed by atoms with E-state index in [1.807, 2.05) is 0 Å². The standard InChI is InChI=1S/C26H35N3O/c30-26(25-13-8-16-29(21-25)19-22-9-3-1-4-10-22)27-18-23-11-7-12-24(17-23)20-28-14-5-2-6-15-28/h1,3-4,7,9-12,17,25H,2,5-6,8,13-16,18-21H2,(H,27,30). The van der Waals surface area contributed by atoms with E-state index in [-0.39, 0.29) is 11.8 Å². The zero-order valence-corrected chi connectivity index (χ0v) is 18.1. The second kappa shape index (κ2) is 10.7. The highest BCUT2D eigenvalue weighted by atomic mass is 16.1. The third-order valence-electron chi connectivity index (χ3n) is 6.44. The lowest BCUT2D eigenvalue weighted by Gasteiger charge is -2.32. The van der Waals surface area contributed by atoms with Crippen LogP contribution in [0.15, 0.2) is 54.6 Å². The highest BCUT2D eigenvalue weighted by molar-refractivity contribution is 5.79. The molecule has 2 aliphatic rings. The van der Waals surface area contributed by atoms with E-state index in [1.54, 1.807) is 0 Å². The topological polar surface area (TPSA) is 35.6 Å². The number of rotatable bonds is 7. The quantitative estimate of drug-likeness (QED) is 0.750. The van der Waals surface area contributed by atoms with Gasteiger partial charge in [0, 0.05) is 26.2 Å². The number of piperidine rings is 2. The van der Waals surface area contributed by atoms with Gasteiger partial charge in [0.1, 0.15) is 0 Å². The predicted molar refractivity (Wildman–Crippen MR) is 122 cm³/mol. The Labute approximate surface area is 181 Å². The molecule has 0 aliphatic carbocycles. The van der Waals surface area contributed by atoms with Crippen LogP contribution in [0.5, 0.6) is 0 Å². The van der Waals surface area contributed by atoms with Gasteiger partial charge in [-0.25, -0.2) is 0 Å². The molecule has 2 aromatic rings. The summed E-state index contributed by atoms with van der Waals surface area (Å²) in [5, 5.41) is 3.20. The average molecular weight is 406 g/mol. The molecule has 2 heterocycles. The maximum Gasteiger partial charge on any atom is 0.224 e. The fourth-order valence-corrected chi connectivity index (χ4v) is 4.80. The molecule has 0 radical (unpaired) electrons. The van der Waals surface area contributed by atoms with Gasteiger partial charge in [-0.3, -0.25) is 14.6 Å². The van der Waals surface area contributed by atoms with Gasteiger partial charge in [0.15, 0.2) is 0 Å². The summed E-state index contributed by atoms with van der Waals surface area (Å²) in [5.41, 5.74) is 3.88. The molecule has 2 aliphatic heterocycles. The Hall–Kier alpha value is -2.17. The molecule has 2 fully saturated rings. The first-order valence-electron chi connectivity index (χ1n) is 11.6. The predicted octanol–water partition coefficient (Wildman–Crippen LogP) is 4.20. The van der Waals surface area contributed by atoms with Crippen molar-refractivity contribution in [3.8, 4) is 0 Å². The molecule has 0 saturated carbocycles. The van der Waals surface area contributed by atoms with Crippen molar-refractivity contribution in [2.45, 2.75) is 51.7 Å². The monoisotopic (exact) mass is 405 g/mol. The maximum atomic E-state index is 12.8. The largest absolute Gasteiger partial charge is 0.352 e. The Morgan fingerprint density at radius 2 is 1.50 bits per heavy atom. The zero-order chi connectivity index (χ0) is 20.6. The summed E-state index contributed by atoms with van der Waals surface area (Å²) >= 11 is 0. The molecule has 30 heavy (non-hydrogen) atoms. The number of nitrogens with one attached hydrogen (secondary N) is 1. The van der Waals surface area contributed by atoms with Crippen LogP contribution >= 0.6 is 0 Å². The lowest BCUT2D eigenvalue weighted by molar-refractivity contribution is -0.126. The Bertz CT molecular complexity index is 801. The van der Waals surface area contributed by atoms with E-state index < -0.39 is 0 Å². The van der Waals surface area contributed by atoms with E-state index >= 15 is 0 Å². The van der Waals surface area contributed by atoms with E-state index in [9.17, 15) is 4.79 Å². The molecule has 0 spiro atoms. The molecule has 0 bridgehead atoms. The van der Waals surface area contributed by atoms with Gasteiger partial charge in [0.2, 0.25) is 5.91 Å². The Morgan fingerprint density at radius 1 is 0.800 bits per heavy atom. The molecule has 1 atom stereocenters. The van der Waals surface area contributed by atoms with E-state index in [2.05, 4.69) is 69.7 Å². The number of nitrogens with zero attached hydrogens (tertiary/aromatic N) is 2. The number of hydrogen-bond acceptors (Lipinski definition) is 3. The minimum atomic E-state index is 0.0963. The van der Waals surface area contributed by atoms with Gasteiger partial charge >= 0.3 is 0 Å². The first-order chi connectivity index (χ1) is 14.8. The number of carbonyl (C=O) groups excluding carboxylic acids is 1. The van der Waals surface area contributed by atoms with Crippen LogP contribution in [0, 0.1) is 5.92 Å². The number of hydrogen-bond donors (Lipinski definition) is 1. The summed E-state index contributed by atoms with van der Waals surface area (Å²) in [6.07, 6.45) is 6.09. The normalized spacial score (nSPS) is 20.7. The van der Waals surface area contributed by atoms with E-state index in [0.29, 0.717) is 6.54 Å². The average Bonchev–Trinajstić information content (AvgIpc) is 2.79. The van der Waals surface area contributed by atoms with Crippen LogP contribution in [0.25, 0.3) is 0 Å². The number of amides is 1. The molecule has 1 N–H and O–H groups in total. The van der Waals surface area contributed by atoms with Crippen molar-refractivity contribution in [1.82, 2.24) is 15.1 Å².